The Bertz CT molecular complexity index is 1250. The summed E-state index contributed by atoms with van der Waals surface area (Å²) in [5, 5.41) is 10.8. The molecule has 184 valence electrons. The van der Waals surface area contributed by atoms with Gasteiger partial charge in [0.05, 0.1) is 4.90 Å². The zero-order valence-corrected chi connectivity index (χ0v) is 20.4. The van der Waals surface area contributed by atoms with Gasteiger partial charge in [-0.1, -0.05) is 23.9 Å². The van der Waals surface area contributed by atoms with Crippen LogP contribution >= 0.6 is 11.8 Å². The Labute approximate surface area is 207 Å². The Morgan fingerprint density at radius 2 is 1.71 bits per heavy atom. The number of benzene rings is 2. The lowest BCUT2D eigenvalue weighted by Gasteiger charge is -2.16. The second-order valence-electron chi connectivity index (χ2n) is 8.23. The molecule has 0 aromatic heterocycles. The summed E-state index contributed by atoms with van der Waals surface area (Å²) in [4.78, 5) is 43.2. The van der Waals surface area contributed by atoms with Crippen molar-refractivity contribution in [3.63, 3.8) is 0 Å². The number of thioether (sulfide) groups is 1. The molecular formula is C23H25N5O5S2. The highest BCUT2D eigenvalue weighted by atomic mass is 32.2. The number of hydrogen-bond donors (Lipinski definition) is 3. The smallest absolute Gasteiger partial charge is 0.262 e. The Kier molecular flexibility index (Phi) is 7.53. The number of rotatable bonds is 7. The number of amides is 3. The summed E-state index contributed by atoms with van der Waals surface area (Å²) in [6.07, 6.45) is 2.19. The van der Waals surface area contributed by atoms with E-state index in [1.807, 2.05) is 0 Å². The molecule has 2 aliphatic rings. The average molecular weight is 516 g/mol. The van der Waals surface area contributed by atoms with Gasteiger partial charge in [-0.3, -0.25) is 14.4 Å². The van der Waals surface area contributed by atoms with Gasteiger partial charge >= 0.3 is 0 Å². The molecule has 3 amide bonds. The third kappa shape index (κ3) is 6.47. The van der Waals surface area contributed by atoms with Gasteiger partial charge in [0.25, 0.3) is 11.8 Å². The minimum atomic E-state index is -3.77. The van der Waals surface area contributed by atoms with Crippen LogP contribution in [-0.2, 0) is 26.2 Å². The molecule has 0 saturated carbocycles. The van der Waals surface area contributed by atoms with Crippen molar-refractivity contribution in [2.24, 2.45) is 10.1 Å². The number of likely N-dealkylation sites (tertiary alicyclic amines) is 1. The maximum absolute atomic E-state index is 12.4. The fourth-order valence-electron chi connectivity index (χ4n) is 3.72. The van der Waals surface area contributed by atoms with Crippen molar-refractivity contribution in [1.82, 2.24) is 10.2 Å². The molecule has 1 unspecified atom stereocenters. The highest BCUT2D eigenvalue weighted by molar-refractivity contribution is 8.15. The molecule has 2 aromatic rings. The van der Waals surface area contributed by atoms with E-state index < -0.39 is 15.3 Å². The van der Waals surface area contributed by atoms with Crippen molar-refractivity contribution < 1.29 is 22.8 Å². The van der Waals surface area contributed by atoms with Gasteiger partial charge in [-0.25, -0.2) is 13.6 Å². The van der Waals surface area contributed by atoms with E-state index in [0.717, 1.165) is 25.9 Å². The Morgan fingerprint density at radius 3 is 2.34 bits per heavy atom. The topological polar surface area (TPSA) is 151 Å². The lowest BCUT2D eigenvalue weighted by molar-refractivity contribution is -0.121. The number of carbonyl (C=O) groups excluding carboxylic acids is 3. The number of amidine groups is 1. The molecule has 0 radical (unpaired) electrons. The first-order chi connectivity index (χ1) is 16.7. The van der Waals surface area contributed by atoms with Gasteiger partial charge in [-0.05, 0) is 54.8 Å². The molecule has 4 N–H and O–H groups in total. The van der Waals surface area contributed by atoms with Crippen molar-refractivity contribution in [2.75, 3.05) is 18.4 Å². The molecule has 2 aromatic carbocycles. The molecule has 1 saturated heterocycles. The standard InChI is InChI=1S/C23H25N5O5S2/c24-35(32,33)18-9-3-15(4-10-18)14-25-21(30)16-5-7-17(8-6-16)26-20(29)13-19-22(31)27-23(34-19)28-11-1-2-12-28/h3-10,19H,1-2,11-14H2,(H,25,30)(H,26,29)(H2,24,32,33). The molecule has 2 heterocycles. The summed E-state index contributed by atoms with van der Waals surface area (Å²) in [6.45, 7) is 1.99. The number of nitrogens with one attached hydrogen (secondary N) is 2. The van der Waals surface area contributed by atoms with Gasteiger partial charge in [-0.2, -0.15) is 4.99 Å². The van der Waals surface area contributed by atoms with Gasteiger partial charge < -0.3 is 15.5 Å². The highest BCUT2D eigenvalue weighted by Crippen LogP contribution is 2.29. The summed E-state index contributed by atoms with van der Waals surface area (Å²) in [5.74, 6) is -0.898. The first kappa shape index (κ1) is 24.9. The van der Waals surface area contributed by atoms with Gasteiger partial charge in [0.1, 0.15) is 5.25 Å². The molecule has 10 nitrogen and oxygen atoms in total. The second kappa shape index (κ2) is 10.6. The average Bonchev–Trinajstić information content (AvgIpc) is 3.48. The monoisotopic (exact) mass is 515 g/mol. The molecule has 0 aliphatic carbocycles. The van der Waals surface area contributed by atoms with E-state index in [0.29, 0.717) is 22.0 Å². The lowest BCUT2D eigenvalue weighted by atomic mass is 10.1. The van der Waals surface area contributed by atoms with Crippen LogP contribution in [0, 0.1) is 0 Å². The highest BCUT2D eigenvalue weighted by Gasteiger charge is 2.33. The van der Waals surface area contributed by atoms with E-state index >= 15 is 0 Å². The fourth-order valence-corrected chi connectivity index (χ4v) is 5.35. The largest absolute Gasteiger partial charge is 0.351 e. The zero-order valence-electron chi connectivity index (χ0n) is 18.8. The number of anilines is 1. The van der Waals surface area contributed by atoms with Crippen molar-refractivity contribution in [2.45, 2.75) is 36.0 Å². The molecule has 0 bridgehead atoms. The number of aliphatic imine (C=N–C) groups is 1. The zero-order chi connectivity index (χ0) is 25.0. The molecule has 1 atom stereocenters. The van der Waals surface area contributed by atoms with Crippen LogP contribution in [0.3, 0.4) is 0 Å². The van der Waals surface area contributed by atoms with Crippen molar-refractivity contribution in [3.8, 4) is 0 Å². The second-order valence-corrected chi connectivity index (χ2v) is 11.0. The third-order valence-corrected chi connectivity index (χ3v) is 7.75. The van der Waals surface area contributed by atoms with Crippen LogP contribution < -0.4 is 15.8 Å². The summed E-state index contributed by atoms with van der Waals surface area (Å²) < 4.78 is 22.6. The van der Waals surface area contributed by atoms with Gasteiger partial charge in [-0.15, -0.1) is 0 Å². The van der Waals surface area contributed by atoms with E-state index in [2.05, 4.69) is 20.5 Å². The maximum Gasteiger partial charge on any atom is 0.262 e. The van der Waals surface area contributed by atoms with Crippen LogP contribution in [0.25, 0.3) is 0 Å². The van der Waals surface area contributed by atoms with Crippen LogP contribution in [0.4, 0.5) is 5.69 Å². The molecule has 12 heteroatoms. The maximum atomic E-state index is 12.4. The predicted molar refractivity (Wildman–Crippen MR) is 133 cm³/mol. The summed E-state index contributed by atoms with van der Waals surface area (Å²) in [7, 11) is -3.77. The summed E-state index contributed by atoms with van der Waals surface area (Å²) in [6, 6.07) is 12.3. The van der Waals surface area contributed by atoms with Gasteiger partial charge in [0.2, 0.25) is 15.9 Å². The molecule has 35 heavy (non-hydrogen) atoms. The molecular weight excluding hydrogens is 490 g/mol. The Balaban J connectivity index is 1.25. The first-order valence-corrected chi connectivity index (χ1v) is 13.5. The first-order valence-electron chi connectivity index (χ1n) is 11.0. The fraction of sp³-hybridized carbons (Fsp3) is 0.304. The predicted octanol–water partition coefficient (Wildman–Crippen LogP) is 1.69. The minimum Gasteiger partial charge on any atom is -0.351 e. The number of hydrogen-bond acceptors (Lipinski definition) is 7. The number of carbonyl (C=O) groups is 3. The van der Waals surface area contributed by atoms with Crippen LogP contribution in [0.5, 0.6) is 0 Å². The SMILES string of the molecule is NS(=O)(=O)c1ccc(CNC(=O)c2ccc(NC(=O)CC3SC(N4CCCC4)=NC3=O)cc2)cc1. The Hall–Kier alpha value is -3.22. The number of nitrogens with zero attached hydrogens (tertiary/aromatic N) is 2. The molecule has 0 spiro atoms. The van der Waals surface area contributed by atoms with E-state index in [1.54, 1.807) is 36.4 Å². The van der Waals surface area contributed by atoms with Gasteiger partial charge in [0.15, 0.2) is 5.17 Å². The molecule has 4 rings (SSSR count). The van der Waals surface area contributed by atoms with Crippen molar-refractivity contribution in [3.05, 3.63) is 59.7 Å². The van der Waals surface area contributed by atoms with Crippen LogP contribution in [0.1, 0.15) is 35.2 Å². The minimum absolute atomic E-state index is 0.000612. The van der Waals surface area contributed by atoms with Gasteiger partial charge in [0, 0.05) is 37.3 Å². The van der Waals surface area contributed by atoms with Crippen molar-refractivity contribution in [1.29, 1.82) is 0 Å². The summed E-state index contributed by atoms with van der Waals surface area (Å²) >= 11 is 1.34. The number of nitrogens with two attached hydrogens (primary N) is 1. The van der Waals surface area contributed by atoms with Crippen LogP contribution in [0.2, 0.25) is 0 Å². The van der Waals surface area contributed by atoms with Crippen LogP contribution in [0.15, 0.2) is 58.4 Å². The lowest BCUT2D eigenvalue weighted by Crippen LogP contribution is -2.25. The molecule has 1 fully saturated rings. The van der Waals surface area contributed by atoms with E-state index in [1.165, 1.54) is 23.9 Å². The third-order valence-electron chi connectivity index (χ3n) is 5.61. The quantitative estimate of drug-likeness (QED) is 0.507. The normalized spacial score (nSPS) is 17.9. The van der Waals surface area contributed by atoms with E-state index in [-0.39, 0.29) is 35.6 Å². The number of primary sulfonamides is 1. The van der Waals surface area contributed by atoms with E-state index in [4.69, 9.17) is 5.14 Å². The summed E-state index contributed by atoms with van der Waals surface area (Å²) in [5.41, 5.74) is 1.63. The van der Waals surface area contributed by atoms with Crippen molar-refractivity contribution >= 4 is 50.4 Å². The van der Waals surface area contributed by atoms with Crippen LogP contribution in [-0.4, -0.2) is 54.5 Å². The molecule has 2 aliphatic heterocycles. The number of sulfonamides is 1. The Morgan fingerprint density at radius 1 is 1.06 bits per heavy atom. The van der Waals surface area contributed by atoms with E-state index in [9.17, 15) is 22.8 Å².